The first-order valence-corrected chi connectivity index (χ1v) is 8.94. The molecule has 21 heavy (non-hydrogen) atoms. The summed E-state index contributed by atoms with van der Waals surface area (Å²) < 4.78 is 23.2. The average molecular weight is 302 g/mol. The topological polar surface area (TPSA) is 54.4 Å². The molecule has 0 fully saturated rings. The highest BCUT2D eigenvalue weighted by atomic mass is 32.2. The second-order valence-corrected chi connectivity index (χ2v) is 7.64. The highest BCUT2D eigenvalue weighted by Gasteiger charge is 2.17. The van der Waals surface area contributed by atoms with Crippen LogP contribution in [-0.4, -0.2) is 19.8 Å². The molecule has 0 spiro atoms. The number of aliphatic hydroxyl groups excluding tert-OH is 1. The van der Waals surface area contributed by atoms with Gasteiger partial charge in [-0.2, -0.15) is 0 Å². The van der Waals surface area contributed by atoms with E-state index in [4.69, 9.17) is 0 Å². The van der Waals surface area contributed by atoms with Crippen LogP contribution in [0.2, 0.25) is 0 Å². The molecule has 2 aromatic carbocycles. The van der Waals surface area contributed by atoms with Crippen LogP contribution in [0.1, 0.15) is 34.8 Å². The van der Waals surface area contributed by atoms with Crippen LogP contribution in [0, 0.1) is 0 Å². The molecule has 0 saturated heterocycles. The van der Waals surface area contributed by atoms with Crippen LogP contribution in [0.5, 0.6) is 0 Å². The number of hydrogen-bond donors (Lipinski definition) is 1. The van der Waals surface area contributed by atoms with Crippen molar-refractivity contribution in [1.82, 2.24) is 0 Å². The van der Waals surface area contributed by atoms with Gasteiger partial charge in [-0.1, -0.05) is 30.3 Å². The molecule has 1 N–H and O–H groups in total. The largest absolute Gasteiger partial charge is 0.384 e. The van der Waals surface area contributed by atoms with E-state index in [0.717, 1.165) is 18.4 Å². The van der Waals surface area contributed by atoms with Crippen molar-refractivity contribution in [3.8, 4) is 0 Å². The monoisotopic (exact) mass is 302 g/mol. The molecular formula is C17H18O3S. The maximum absolute atomic E-state index is 11.6. The number of hydrogen-bond acceptors (Lipinski definition) is 3. The number of sulfone groups is 1. The first-order valence-electron chi connectivity index (χ1n) is 7.05. The van der Waals surface area contributed by atoms with Crippen molar-refractivity contribution in [2.75, 3.05) is 6.26 Å². The van der Waals surface area contributed by atoms with Crippen molar-refractivity contribution in [3.05, 3.63) is 64.7 Å². The molecule has 2 aromatic rings. The molecule has 0 heterocycles. The zero-order valence-corrected chi connectivity index (χ0v) is 12.7. The van der Waals surface area contributed by atoms with E-state index < -0.39 is 15.9 Å². The lowest BCUT2D eigenvalue weighted by atomic mass is 9.98. The van der Waals surface area contributed by atoms with Crippen LogP contribution >= 0.6 is 0 Å². The second kappa shape index (κ2) is 5.28. The standard InChI is InChI=1S/C17H18O3S/c1-21(19,20)16-7-3-6-14(11-16)17(18)15-9-8-12-4-2-5-13(12)10-15/h3,6-11,17-18H,2,4-5H2,1H3. The van der Waals surface area contributed by atoms with Gasteiger partial charge in [-0.3, -0.25) is 0 Å². The van der Waals surface area contributed by atoms with Gasteiger partial charge in [0.05, 0.1) is 4.90 Å². The smallest absolute Gasteiger partial charge is 0.175 e. The second-order valence-electron chi connectivity index (χ2n) is 5.63. The number of aryl methyl sites for hydroxylation is 2. The molecule has 3 rings (SSSR count). The molecule has 3 nitrogen and oxygen atoms in total. The lowest BCUT2D eigenvalue weighted by molar-refractivity contribution is 0.220. The van der Waals surface area contributed by atoms with Gasteiger partial charge in [0, 0.05) is 6.26 Å². The Morgan fingerprint density at radius 1 is 1.00 bits per heavy atom. The third-order valence-corrected chi connectivity index (χ3v) is 5.15. The molecule has 0 amide bonds. The number of fused-ring (bicyclic) bond motifs is 1. The van der Waals surface area contributed by atoms with Crippen molar-refractivity contribution in [3.63, 3.8) is 0 Å². The Kier molecular flexibility index (Phi) is 3.59. The zero-order chi connectivity index (χ0) is 15.0. The lowest BCUT2D eigenvalue weighted by Gasteiger charge is -2.14. The molecule has 0 radical (unpaired) electrons. The molecule has 1 aliphatic rings. The van der Waals surface area contributed by atoms with Crippen LogP contribution in [0.15, 0.2) is 47.4 Å². The van der Waals surface area contributed by atoms with Crippen molar-refractivity contribution in [1.29, 1.82) is 0 Å². The lowest BCUT2D eigenvalue weighted by Crippen LogP contribution is -2.03. The van der Waals surface area contributed by atoms with Crippen molar-refractivity contribution < 1.29 is 13.5 Å². The summed E-state index contributed by atoms with van der Waals surface area (Å²) in [6.45, 7) is 0. The van der Waals surface area contributed by atoms with Gasteiger partial charge in [0.15, 0.2) is 9.84 Å². The van der Waals surface area contributed by atoms with E-state index in [-0.39, 0.29) is 4.90 Å². The molecule has 110 valence electrons. The van der Waals surface area contributed by atoms with E-state index in [9.17, 15) is 13.5 Å². The number of aliphatic hydroxyl groups is 1. The van der Waals surface area contributed by atoms with E-state index in [1.165, 1.54) is 23.8 Å². The molecule has 1 atom stereocenters. The van der Waals surface area contributed by atoms with Crippen LogP contribution in [0.4, 0.5) is 0 Å². The molecule has 4 heteroatoms. The Morgan fingerprint density at radius 2 is 1.71 bits per heavy atom. The Labute approximate surface area is 125 Å². The summed E-state index contributed by atoms with van der Waals surface area (Å²) in [5, 5.41) is 10.5. The Balaban J connectivity index is 1.97. The van der Waals surface area contributed by atoms with E-state index in [2.05, 4.69) is 6.07 Å². The summed E-state index contributed by atoms with van der Waals surface area (Å²) in [4.78, 5) is 0.236. The fraction of sp³-hybridized carbons (Fsp3) is 0.294. The Bertz CT molecular complexity index is 778. The molecular weight excluding hydrogens is 284 g/mol. The van der Waals surface area contributed by atoms with Crippen LogP contribution in [-0.2, 0) is 22.7 Å². The predicted molar refractivity (Wildman–Crippen MR) is 82.1 cm³/mol. The van der Waals surface area contributed by atoms with E-state index in [0.29, 0.717) is 5.56 Å². The quantitative estimate of drug-likeness (QED) is 0.948. The predicted octanol–water partition coefficient (Wildman–Crippen LogP) is 2.66. The third-order valence-electron chi connectivity index (χ3n) is 4.04. The maximum atomic E-state index is 11.6. The highest BCUT2D eigenvalue weighted by molar-refractivity contribution is 7.90. The van der Waals surface area contributed by atoms with Crippen LogP contribution in [0.25, 0.3) is 0 Å². The van der Waals surface area contributed by atoms with Gasteiger partial charge in [-0.25, -0.2) is 8.42 Å². The van der Waals surface area contributed by atoms with Crippen LogP contribution < -0.4 is 0 Å². The highest BCUT2D eigenvalue weighted by Crippen LogP contribution is 2.29. The van der Waals surface area contributed by atoms with Gasteiger partial charge >= 0.3 is 0 Å². The molecule has 0 bridgehead atoms. The average Bonchev–Trinajstić information content (AvgIpc) is 2.93. The summed E-state index contributed by atoms with van der Waals surface area (Å²) in [7, 11) is -3.26. The first kappa shape index (κ1) is 14.3. The fourth-order valence-corrected chi connectivity index (χ4v) is 3.55. The van der Waals surface area contributed by atoms with Crippen molar-refractivity contribution >= 4 is 9.84 Å². The van der Waals surface area contributed by atoms with Gasteiger partial charge in [0.25, 0.3) is 0 Å². The number of benzene rings is 2. The third kappa shape index (κ3) is 2.87. The normalized spacial score (nSPS) is 15.7. The van der Waals surface area contributed by atoms with Gasteiger partial charge in [0.1, 0.15) is 6.10 Å². The molecule has 1 aliphatic carbocycles. The molecule has 1 unspecified atom stereocenters. The maximum Gasteiger partial charge on any atom is 0.175 e. The minimum atomic E-state index is -3.26. The van der Waals surface area contributed by atoms with Gasteiger partial charge < -0.3 is 5.11 Å². The molecule has 0 aromatic heterocycles. The van der Waals surface area contributed by atoms with Gasteiger partial charge in [-0.15, -0.1) is 0 Å². The summed E-state index contributed by atoms with van der Waals surface area (Å²) in [5.74, 6) is 0. The SMILES string of the molecule is CS(=O)(=O)c1cccc(C(O)c2ccc3c(c2)CCC3)c1. The summed E-state index contributed by atoms with van der Waals surface area (Å²) >= 11 is 0. The summed E-state index contributed by atoms with van der Waals surface area (Å²) in [5.41, 5.74) is 4.08. The Hall–Kier alpha value is -1.65. The van der Waals surface area contributed by atoms with E-state index >= 15 is 0 Å². The number of rotatable bonds is 3. The Morgan fingerprint density at radius 3 is 2.48 bits per heavy atom. The van der Waals surface area contributed by atoms with E-state index in [1.807, 2.05) is 12.1 Å². The fourth-order valence-electron chi connectivity index (χ4n) is 2.87. The minimum Gasteiger partial charge on any atom is -0.384 e. The van der Waals surface area contributed by atoms with Crippen molar-refractivity contribution in [2.45, 2.75) is 30.3 Å². The van der Waals surface area contributed by atoms with Gasteiger partial charge in [-0.05, 0) is 53.6 Å². The van der Waals surface area contributed by atoms with Gasteiger partial charge in [0.2, 0.25) is 0 Å². The summed E-state index contributed by atoms with van der Waals surface area (Å²) in [6.07, 6.45) is 3.71. The zero-order valence-electron chi connectivity index (χ0n) is 11.9. The molecule has 0 aliphatic heterocycles. The van der Waals surface area contributed by atoms with Crippen LogP contribution in [0.3, 0.4) is 0 Å². The molecule has 0 saturated carbocycles. The first-order chi connectivity index (χ1) is 9.95. The van der Waals surface area contributed by atoms with Crippen molar-refractivity contribution in [2.24, 2.45) is 0 Å². The minimum absolute atomic E-state index is 0.236. The summed E-state index contributed by atoms with van der Waals surface area (Å²) in [6, 6.07) is 12.6. The van der Waals surface area contributed by atoms with E-state index in [1.54, 1.807) is 24.3 Å².